The molecule has 0 saturated heterocycles. The van der Waals surface area contributed by atoms with Crippen LogP contribution in [0.4, 0.5) is 0 Å². The number of carbonyl (C=O) groups excluding carboxylic acids is 1. The van der Waals surface area contributed by atoms with Crippen molar-refractivity contribution in [3.63, 3.8) is 0 Å². The molecular formula is C28H24N4O4. The molecular weight excluding hydrogens is 456 g/mol. The fraction of sp³-hybridized carbons (Fsp3) is 0.143. The fourth-order valence-electron chi connectivity index (χ4n) is 3.93. The number of allylic oxidation sites excluding steroid dienone is 1. The first-order valence-electron chi connectivity index (χ1n) is 11.2. The van der Waals surface area contributed by atoms with Crippen LogP contribution in [0.15, 0.2) is 77.7 Å². The standard InChI is InChI=1S/C28H24N4O4/c1-19-23(17-29)27(34)31(15-16-36-2)28(35)25(19)24(33)14-13-21-18-32(22-11-7-4-8-12-22)30-26(21)20-9-5-3-6-10-20/h3-14,18,35H,15-16H2,1-2H3/b14-13+. The van der Waals surface area contributed by atoms with Gasteiger partial charge in [0.25, 0.3) is 5.56 Å². The van der Waals surface area contributed by atoms with Gasteiger partial charge in [-0.15, -0.1) is 0 Å². The highest BCUT2D eigenvalue weighted by atomic mass is 16.5. The number of benzene rings is 2. The predicted molar refractivity (Wildman–Crippen MR) is 136 cm³/mol. The van der Waals surface area contributed by atoms with Crippen LogP contribution in [0.2, 0.25) is 0 Å². The number of nitrogens with zero attached hydrogens (tertiary/aromatic N) is 4. The van der Waals surface area contributed by atoms with Crippen molar-refractivity contribution in [1.29, 1.82) is 5.26 Å². The number of aromatic hydroxyl groups is 1. The summed E-state index contributed by atoms with van der Waals surface area (Å²) < 4.78 is 7.71. The number of aromatic nitrogens is 3. The molecule has 180 valence electrons. The fourth-order valence-corrected chi connectivity index (χ4v) is 3.93. The maximum atomic E-state index is 13.3. The lowest BCUT2D eigenvalue weighted by Crippen LogP contribution is -2.27. The zero-order valence-corrected chi connectivity index (χ0v) is 19.9. The Bertz CT molecular complexity index is 1530. The highest BCUT2D eigenvalue weighted by Crippen LogP contribution is 2.26. The van der Waals surface area contributed by atoms with Crippen LogP contribution in [0.3, 0.4) is 0 Å². The number of nitriles is 1. The van der Waals surface area contributed by atoms with Crippen LogP contribution >= 0.6 is 0 Å². The summed E-state index contributed by atoms with van der Waals surface area (Å²) >= 11 is 0. The predicted octanol–water partition coefficient (Wildman–Crippen LogP) is 4.13. The van der Waals surface area contributed by atoms with Crippen molar-refractivity contribution < 1.29 is 14.6 Å². The summed E-state index contributed by atoms with van der Waals surface area (Å²) in [7, 11) is 1.45. The molecule has 0 spiro atoms. The van der Waals surface area contributed by atoms with E-state index in [0.717, 1.165) is 15.8 Å². The molecule has 0 aliphatic rings. The van der Waals surface area contributed by atoms with Gasteiger partial charge in [-0.2, -0.15) is 10.4 Å². The maximum absolute atomic E-state index is 13.3. The van der Waals surface area contributed by atoms with Gasteiger partial charge < -0.3 is 9.84 Å². The highest BCUT2D eigenvalue weighted by Gasteiger charge is 2.23. The van der Waals surface area contributed by atoms with Crippen molar-refractivity contribution in [1.82, 2.24) is 14.3 Å². The minimum Gasteiger partial charge on any atom is -0.494 e. The van der Waals surface area contributed by atoms with Crippen LogP contribution in [-0.4, -0.2) is 39.0 Å². The Hall–Kier alpha value is -4.74. The first-order chi connectivity index (χ1) is 17.5. The molecule has 0 amide bonds. The normalized spacial score (nSPS) is 11.0. The van der Waals surface area contributed by atoms with E-state index in [1.165, 1.54) is 20.1 Å². The number of carbonyl (C=O) groups is 1. The van der Waals surface area contributed by atoms with E-state index >= 15 is 0 Å². The summed E-state index contributed by atoms with van der Waals surface area (Å²) in [4.78, 5) is 25.9. The largest absolute Gasteiger partial charge is 0.494 e. The first kappa shape index (κ1) is 24.4. The Kier molecular flexibility index (Phi) is 7.23. The molecule has 1 N–H and O–H groups in total. The van der Waals surface area contributed by atoms with Crippen LogP contribution in [0.5, 0.6) is 5.88 Å². The molecule has 8 heteroatoms. The molecule has 2 aromatic carbocycles. The van der Waals surface area contributed by atoms with E-state index in [0.29, 0.717) is 11.3 Å². The van der Waals surface area contributed by atoms with Gasteiger partial charge in [0.15, 0.2) is 5.78 Å². The average Bonchev–Trinajstić information content (AvgIpc) is 3.33. The van der Waals surface area contributed by atoms with Gasteiger partial charge in [0.2, 0.25) is 5.88 Å². The summed E-state index contributed by atoms with van der Waals surface area (Å²) in [5.41, 5.74) is 2.26. The lowest BCUT2D eigenvalue weighted by atomic mass is 10.0. The Labute approximate surface area is 207 Å². The number of rotatable bonds is 8. The molecule has 0 aliphatic carbocycles. The first-order valence-corrected chi connectivity index (χ1v) is 11.2. The van der Waals surface area contributed by atoms with Crippen LogP contribution < -0.4 is 5.56 Å². The van der Waals surface area contributed by atoms with Crippen LogP contribution in [0, 0.1) is 18.3 Å². The Morgan fingerprint density at radius 3 is 2.44 bits per heavy atom. The third-order valence-electron chi connectivity index (χ3n) is 5.79. The third-order valence-corrected chi connectivity index (χ3v) is 5.79. The second kappa shape index (κ2) is 10.7. The Balaban J connectivity index is 1.79. The topological polar surface area (TPSA) is 110 Å². The zero-order chi connectivity index (χ0) is 25.7. The van der Waals surface area contributed by atoms with E-state index < -0.39 is 17.2 Å². The van der Waals surface area contributed by atoms with Crippen molar-refractivity contribution in [2.75, 3.05) is 13.7 Å². The number of ketones is 1. The van der Waals surface area contributed by atoms with Crippen LogP contribution in [0.1, 0.15) is 27.0 Å². The lowest BCUT2D eigenvalue weighted by Gasteiger charge is -2.14. The second-order valence-corrected chi connectivity index (χ2v) is 8.04. The smallest absolute Gasteiger partial charge is 0.271 e. The third kappa shape index (κ3) is 4.73. The molecule has 0 atom stereocenters. The van der Waals surface area contributed by atoms with E-state index in [-0.39, 0.29) is 29.8 Å². The van der Waals surface area contributed by atoms with E-state index in [1.54, 1.807) is 10.8 Å². The highest BCUT2D eigenvalue weighted by molar-refractivity contribution is 6.09. The Morgan fingerprint density at radius 2 is 1.81 bits per heavy atom. The van der Waals surface area contributed by atoms with E-state index in [1.807, 2.05) is 72.9 Å². The number of methoxy groups -OCH3 is 1. The van der Waals surface area contributed by atoms with Gasteiger partial charge in [-0.25, -0.2) is 4.68 Å². The van der Waals surface area contributed by atoms with Gasteiger partial charge in [-0.3, -0.25) is 14.2 Å². The zero-order valence-electron chi connectivity index (χ0n) is 19.9. The SMILES string of the molecule is COCCn1c(O)c(C(=O)/C=C/c2cn(-c3ccccc3)nc2-c2ccccc2)c(C)c(C#N)c1=O. The van der Waals surface area contributed by atoms with Gasteiger partial charge in [-0.05, 0) is 36.8 Å². The summed E-state index contributed by atoms with van der Waals surface area (Å²) in [5.74, 6) is -1.04. The van der Waals surface area contributed by atoms with Gasteiger partial charge in [0.1, 0.15) is 11.6 Å². The molecule has 0 unspecified atom stereocenters. The number of hydrogen-bond donors (Lipinski definition) is 1. The minimum atomic E-state index is -0.666. The van der Waals surface area contributed by atoms with Crippen molar-refractivity contribution in [2.45, 2.75) is 13.5 Å². The quantitative estimate of drug-likeness (QED) is 0.300. The van der Waals surface area contributed by atoms with E-state index in [2.05, 4.69) is 0 Å². The molecule has 0 fully saturated rings. The molecule has 0 aliphatic heterocycles. The molecule has 36 heavy (non-hydrogen) atoms. The molecule has 2 heterocycles. The van der Waals surface area contributed by atoms with Crippen LogP contribution in [-0.2, 0) is 11.3 Å². The van der Waals surface area contributed by atoms with Gasteiger partial charge in [-0.1, -0.05) is 48.5 Å². The second-order valence-electron chi connectivity index (χ2n) is 8.04. The molecule has 0 bridgehead atoms. The van der Waals surface area contributed by atoms with E-state index in [4.69, 9.17) is 9.84 Å². The monoisotopic (exact) mass is 480 g/mol. The number of ether oxygens (including phenoxy) is 1. The Morgan fingerprint density at radius 1 is 1.14 bits per heavy atom. The van der Waals surface area contributed by atoms with Crippen molar-refractivity contribution in [3.05, 3.63) is 106 Å². The molecule has 4 rings (SSSR count). The van der Waals surface area contributed by atoms with Crippen molar-refractivity contribution >= 4 is 11.9 Å². The average molecular weight is 481 g/mol. The molecule has 4 aromatic rings. The number of para-hydroxylation sites is 1. The van der Waals surface area contributed by atoms with Crippen molar-refractivity contribution in [2.24, 2.45) is 0 Å². The van der Waals surface area contributed by atoms with Gasteiger partial charge in [0, 0.05) is 24.4 Å². The summed E-state index contributed by atoms with van der Waals surface area (Å²) in [6, 6.07) is 21.0. The summed E-state index contributed by atoms with van der Waals surface area (Å²) in [6.07, 6.45) is 4.74. The molecule has 2 aromatic heterocycles. The minimum absolute atomic E-state index is 0.00211. The van der Waals surface area contributed by atoms with Gasteiger partial charge >= 0.3 is 0 Å². The van der Waals surface area contributed by atoms with E-state index in [9.17, 15) is 20.0 Å². The molecule has 8 nitrogen and oxygen atoms in total. The lowest BCUT2D eigenvalue weighted by molar-refractivity contribution is 0.104. The summed E-state index contributed by atoms with van der Waals surface area (Å²) in [6.45, 7) is 1.61. The van der Waals surface area contributed by atoms with Gasteiger partial charge in [0.05, 0.1) is 30.1 Å². The number of hydrogen-bond acceptors (Lipinski definition) is 6. The molecule has 0 radical (unpaired) electrons. The summed E-state index contributed by atoms with van der Waals surface area (Å²) in [5, 5.41) is 25.0. The number of pyridine rings is 1. The molecule has 0 saturated carbocycles. The van der Waals surface area contributed by atoms with Crippen molar-refractivity contribution in [3.8, 4) is 28.9 Å². The maximum Gasteiger partial charge on any atom is 0.271 e. The van der Waals surface area contributed by atoms with Crippen LogP contribution in [0.25, 0.3) is 23.0 Å².